The maximum Gasteiger partial charge on any atom is 0.412 e. The van der Waals surface area contributed by atoms with Crippen LogP contribution >= 0.6 is 0 Å². The molecule has 0 bridgehead atoms. The van der Waals surface area contributed by atoms with Crippen LogP contribution in [0.5, 0.6) is 11.5 Å². The van der Waals surface area contributed by atoms with Crippen LogP contribution in [-0.4, -0.2) is 16.6 Å². The first-order valence-electron chi connectivity index (χ1n) is 7.25. The topological polar surface area (TPSA) is 90.7 Å². The highest BCUT2D eigenvalue weighted by molar-refractivity contribution is 5.85. The normalized spacial score (nSPS) is 10.8. The van der Waals surface area contributed by atoms with Crippen LogP contribution in [0.25, 0.3) is 0 Å². The largest absolute Gasteiger partial charge is 0.457 e. The second kappa shape index (κ2) is 6.99. The molecule has 0 aliphatic heterocycles. The number of nitrogens with zero attached hydrogens (tertiary/aromatic N) is 1. The highest BCUT2D eigenvalue weighted by Gasteiger charge is 2.16. The number of carbonyl (C=O) groups is 1. The number of nitro benzene ring substituents is 1. The molecule has 7 heteroatoms. The molecule has 2 rings (SSSR count). The summed E-state index contributed by atoms with van der Waals surface area (Å²) in [4.78, 5) is 21.9. The molecule has 7 nitrogen and oxygen atoms in total. The summed E-state index contributed by atoms with van der Waals surface area (Å²) in [6.45, 7) is 5.34. The Hall–Kier alpha value is -3.09. The first-order valence-corrected chi connectivity index (χ1v) is 7.25. The van der Waals surface area contributed by atoms with E-state index in [1.165, 1.54) is 24.3 Å². The monoisotopic (exact) mass is 330 g/mol. The number of nitro groups is 1. The summed E-state index contributed by atoms with van der Waals surface area (Å²) in [7, 11) is 0. The number of hydrogen-bond donors (Lipinski definition) is 1. The van der Waals surface area contributed by atoms with Gasteiger partial charge in [-0.15, -0.1) is 0 Å². The van der Waals surface area contributed by atoms with E-state index in [9.17, 15) is 14.9 Å². The highest BCUT2D eigenvalue weighted by atomic mass is 16.6. The Balaban J connectivity index is 2.04. The van der Waals surface area contributed by atoms with Crippen molar-refractivity contribution in [2.24, 2.45) is 0 Å². The van der Waals surface area contributed by atoms with Crippen molar-refractivity contribution in [1.29, 1.82) is 0 Å². The van der Waals surface area contributed by atoms with Crippen LogP contribution < -0.4 is 10.1 Å². The number of ether oxygens (including phenoxy) is 2. The summed E-state index contributed by atoms with van der Waals surface area (Å²) in [6.07, 6.45) is -0.560. The van der Waals surface area contributed by atoms with Crippen LogP contribution in [0.4, 0.5) is 16.2 Å². The van der Waals surface area contributed by atoms with Gasteiger partial charge in [0.1, 0.15) is 17.1 Å². The van der Waals surface area contributed by atoms with Gasteiger partial charge in [0, 0.05) is 23.9 Å². The van der Waals surface area contributed by atoms with Crippen LogP contribution in [0.2, 0.25) is 0 Å². The number of benzene rings is 2. The molecular weight excluding hydrogens is 312 g/mol. The summed E-state index contributed by atoms with van der Waals surface area (Å²) in [6, 6.07) is 12.5. The summed E-state index contributed by atoms with van der Waals surface area (Å²) < 4.78 is 10.8. The number of non-ortho nitro benzene ring substituents is 1. The van der Waals surface area contributed by atoms with Crippen LogP contribution in [-0.2, 0) is 4.74 Å². The van der Waals surface area contributed by atoms with Gasteiger partial charge < -0.3 is 9.47 Å². The van der Waals surface area contributed by atoms with E-state index in [0.717, 1.165) is 0 Å². The van der Waals surface area contributed by atoms with E-state index in [1.54, 1.807) is 45.0 Å². The minimum absolute atomic E-state index is 0.0114. The van der Waals surface area contributed by atoms with E-state index < -0.39 is 16.6 Å². The van der Waals surface area contributed by atoms with Crippen molar-refractivity contribution < 1.29 is 19.2 Å². The van der Waals surface area contributed by atoms with Gasteiger partial charge in [0.25, 0.3) is 5.69 Å². The van der Waals surface area contributed by atoms with Gasteiger partial charge in [0.15, 0.2) is 0 Å². The molecule has 24 heavy (non-hydrogen) atoms. The number of carbonyl (C=O) groups excluding carboxylic acids is 1. The predicted octanol–water partition coefficient (Wildman–Crippen LogP) is 4.73. The van der Waals surface area contributed by atoms with Crippen LogP contribution in [0, 0.1) is 10.1 Å². The lowest BCUT2D eigenvalue weighted by Crippen LogP contribution is -2.27. The van der Waals surface area contributed by atoms with Crippen LogP contribution in [0.3, 0.4) is 0 Å². The number of rotatable bonds is 4. The molecule has 0 aliphatic rings. The molecule has 0 saturated heterocycles. The van der Waals surface area contributed by atoms with E-state index in [2.05, 4.69) is 5.32 Å². The fourth-order valence-corrected chi connectivity index (χ4v) is 1.83. The van der Waals surface area contributed by atoms with Gasteiger partial charge in [-0.05, 0) is 45.0 Å². The Morgan fingerprint density at radius 2 is 1.75 bits per heavy atom. The summed E-state index contributed by atoms with van der Waals surface area (Å²) in [5, 5.41) is 13.2. The standard InChI is InChI=1S/C17H18N2O5/c1-17(2,3)24-16(20)18-12-5-4-6-15(11-12)23-14-9-7-13(8-10-14)19(21)22/h4-11H,1-3H3,(H,18,20). The zero-order valence-electron chi connectivity index (χ0n) is 13.6. The van der Waals surface area contributed by atoms with Crippen LogP contribution in [0.15, 0.2) is 48.5 Å². The van der Waals surface area contributed by atoms with Crippen molar-refractivity contribution in [1.82, 2.24) is 0 Å². The van der Waals surface area contributed by atoms with Crippen molar-refractivity contribution in [2.75, 3.05) is 5.32 Å². The van der Waals surface area contributed by atoms with E-state index >= 15 is 0 Å². The van der Waals surface area contributed by atoms with Crippen molar-refractivity contribution >= 4 is 17.5 Å². The Bertz CT molecular complexity index is 735. The number of hydrogen-bond acceptors (Lipinski definition) is 5. The third-order valence-electron chi connectivity index (χ3n) is 2.76. The minimum Gasteiger partial charge on any atom is -0.457 e. The quantitative estimate of drug-likeness (QED) is 0.646. The Labute approximate surface area is 139 Å². The van der Waals surface area contributed by atoms with Crippen molar-refractivity contribution in [3.8, 4) is 11.5 Å². The molecule has 1 N–H and O–H groups in total. The predicted molar refractivity (Wildman–Crippen MR) is 89.5 cm³/mol. The van der Waals surface area contributed by atoms with Crippen molar-refractivity contribution in [3.63, 3.8) is 0 Å². The molecule has 0 radical (unpaired) electrons. The fraction of sp³-hybridized carbons (Fsp3) is 0.235. The summed E-state index contributed by atoms with van der Waals surface area (Å²) >= 11 is 0. The molecule has 0 saturated carbocycles. The molecule has 2 aromatic carbocycles. The van der Waals surface area contributed by atoms with Gasteiger partial charge in [0.05, 0.1) is 4.92 Å². The molecule has 126 valence electrons. The SMILES string of the molecule is CC(C)(C)OC(=O)Nc1cccc(Oc2ccc([N+](=O)[O-])cc2)c1. The minimum atomic E-state index is -0.586. The number of amides is 1. The van der Waals surface area contributed by atoms with Gasteiger partial charge in [0.2, 0.25) is 0 Å². The molecular formula is C17H18N2O5. The summed E-state index contributed by atoms with van der Waals surface area (Å²) in [5.41, 5.74) is -0.0805. The Morgan fingerprint density at radius 1 is 1.08 bits per heavy atom. The number of anilines is 1. The molecule has 2 aromatic rings. The molecule has 0 aliphatic carbocycles. The lowest BCUT2D eigenvalue weighted by Gasteiger charge is -2.19. The second-order valence-electron chi connectivity index (χ2n) is 6.01. The molecule has 0 spiro atoms. The van der Waals surface area contributed by atoms with Crippen molar-refractivity contribution in [3.05, 3.63) is 58.6 Å². The molecule has 0 aromatic heterocycles. The lowest BCUT2D eigenvalue weighted by atomic mass is 10.2. The zero-order valence-corrected chi connectivity index (χ0v) is 13.6. The fourth-order valence-electron chi connectivity index (χ4n) is 1.83. The van der Waals surface area contributed by atoms with E-state index in [1.807, 2.05) is 0 Å². The third kappa shape index (κ3) is 5.28. The van der Waals surface area contributed by atoms with Crippen LogP contribution in [0.1, 0.15) is 20.8 Å². The van der Waals surface area contributed by atoms with E-state index in [-0.39, 0.29) is 5.69 Å². The first-order chi connectivity index (χ1) is 11.2. The smallest absolute Gasteiger partial charge is 0.412 e. The van der Waals surface area contributed by atoms with Crippen molar-refractivity contribution in [2.45, 2.75) is 26.4 Å². The average molecular weight is 330 g/mol. The number of nitrogens with one attached hydrogen (secondary N) is 1. The van der Waals surface area contributed by atoms with Gasteiger partial charge in [-0.3, -0.25) is 15.4 Å². The molecule has 0 fully saturated rings. The van der Waals surface area contributed by atoms with Gasteiger partial charge >= 0.3 is 6.09 Å². The van der Waals surface area contributed by atoms with E-state index in [0.29, 0.717) is 17.2 Å². The maximum atomic E-state index is 11.8. The Kier molecular flexibility index (Phi) is 5.03. The van der Waals surface area contributed by atoms with Gasteiger partial charge in [-0.2, -0.15) is 0 Å². The zero-order chi connectivity index (χ0) is 17.7. The Morgan fingerprint density at radius 3 is 2.33 bits per heavy atom. The molecule has 0 atom stereocenters. The molecule has 0 unspecified atom stereocenters. The molecule has 1 amide bonds. The third-order valence-corrected chi connectivity index (χ3v) is 2.76. The maximum absolute atomic E-state index is 11.8. The highest BCUT2D eigenvalue weighted by Crippen LogP contribution is 2.26. The lowest BCUT2D eigenvalue weighted by molar-refractivity contribution is -0.384. The van der Waals surface area contributed by atoms with E-state index in [4.69, 9.17) is 9.47 Å². The average Bonchev–Trinajstić information content (AvgIpc) is 2.46. The first kappa shape index (κ1) is 17.3. The van der Waals surface area contributed by atoms with Gasteiger partial charge in [-0.25, -0.2) is 4.79 Å². The molecule has 0 heterocycles. The van der Waals surface area contributed by atoms with Gasteiger partial charge in [-0.1, -0.05) is 6.07 Å². The summed E-state index contributed by atoms with van der Waals surface area (Å²) in [5.74, 6) is 0.937. The second-order valence-corrected chi connectivity index (χ2v) is 6.01.